The molecule has 0 unspecified atom stereocenters. The van der Waals surface area contributed by atoms with Gasteiger partial charge in [0.05, 0.1) is 0 Å². The fourth-order valence-corrected chi connectivity index (χ4v) is 2.25. The van der Waals surface area contributed by atoms with E-state index in [2.05, 4.69) is 10.2 Å². The highest BCUT2D eigenvalue weighted by atomic mass is 16.5. The molecule has 3 rings (SSSR count). The molecule has 114 valence electrons. The molecule has 1 heterocycles. The van der Waals surface area contributed by atoms with Crippen LogP contribution in [0.5, 0.6) is 5.75 Å². The van der Waals surface area contributed by atoms with E-state index in [1.165, 1.54) is 6.92 Å². The van der Waals surface area contributed by atoms with E-state index in [0.717, 1.165) is 5.56 Å². The van der Waals surface area contributed by atoms with Crippen LogP contribution in [-0.2, 0) is 4.79 Å². The van der Waals surface area contributed by atoms with Crippen LogP contribution in [0.4, 0.5) is 0 Å². The number of carbonyl (C=O) groups excluding carboxylic acids is 2. The van der Waals surface area contributed by atoms with Gasteiger partial charge in [0, 0.05) is 18.1 Å². The number of hydrogen-bond donors (Lipinski definition) is 1. The Balaban J connectivity index is 2.09. The molecule has 0 fully saturated rings. The van der Waals surface area contributed by atoms with Gasteiger partial charge >= 0.3 is 5.97 Å². The van der Waals surface area contributed by atoms with Crippen molar-refractivity contribution in [3.05, 3.63) is 71.9 Å². The van der Waals surface area contributed by atoms with Crippen molar-refractivity contribution >= 4 is 11.8 Å². The predicted molar refractivity (Wildman–Crippen MR) is 85.2 cm³/mol. The normalized spacial score (nSPS) is 10.3. The summed E-state index contributed by atoms with van der Waals surface area (Å²) in [5.41, 5.74) is 1.83. The summed E-state index contributed by atoms with van der Waals surface area (Å²) in [5, 5.41) is 6.86. The van der Waals surface area contributed by atoms with E-state index in [1.54, 1.807) is 24.3 Å². The number of ketones is 1. The van der Waals surface area contributed by atoms with Gasteiger partial charge in [0.25, 0.3) is 0 Å². The quantitative estimate of drug-likeness (QED) is 0.593. The molecule has 3 aromatic rings. The number of benzene rings is 2. The van der Waals surface area contributed by atoms with Crippen LogP contribution in [0.2, 0.25) is 0 Å². The standard InChI is InChI=1S/C18H14N2O3/c1-12(21)23-18-15(13-8-4-2-5-9-13)19-20-16(18)17(22)14-10-6-3-7-11-14/h2-11H,1H3,(H,19,20). The van der Waals surface area contributed by atoms with Gasteiger partial charge in [-0.15, -0.1) is 0 Å². The van der Waals surface area contributed by atoms with Crippen molar-refractivity contribution in [3.63, 3.8) is 0 Å². The van der Waals surface area contributed by atoms with Crippen LogP contribution in [0.15, 0.2) is 60.7 Å². The first-order chi connectivity index (χ1) is 11.2. The number of aromatic nitrogens is 2. The third-order valence-electron chi connectivity index (χ3n) is 3.28. The second-order valence-corrected chi connectivity index (χ2v) is 4.93. The second-order valence-electron chi connectivity index (χ2n) is 4.93. The minimum Gasteiger partial charge on any atom is -0.422 e. The summed E-state index contributed by atoms with van der Waals surface area (Å²) in [6.07, 6.45) is 0. The molecule has 0 spiro atoms. The fourth-order valence-electron chi connectivity index (χ4n) is 2.25. The number of nitrogens with one attached hydrogen (secondary N) is 1. The Morgan fingerprint density at radius 3 is 2.17 bits per heavy atom. The monoisotopic (exact) mass is 306 g/mol. The summed E-state index contributed by atoms with van der Waals surface area (Å²) in [6.45, 7) is 1.29. The molecule has 2 aromatic carbocycles. The zero-order valence-corrected chi connectivity index (χ0v) is 12.4. The summed E-state index contributed by atoms with van der Waals surface area (Å²) >= 11 is 0. The van der Waals surface area contributed by atoms with Crippen molar-refractivity contribution in [3.8, 4) is 17.0 Å². The van der Waals surface area contributed by atoms with E-state index in [0.29, 0.717) is 11.3 Å². The van der Waals surface area contributed by atoms with Crippen molar-refractivity contribution in [2.24, 2.45) is 0 Å². The molecule has 1 aromatic heterocycles. The van der Waals surface area contributed by atoms with Crippen LogP contribution < -0.4 is 4.74 Å². The smallest absolute Gasteiger partial charge is 0.308 e. The molecule has 0 aliphatic carbocycles. The van der Waals surface area contributed by atoms with E-state index in [-0.39, 0.29) is 17.2 Å². The Bertz CT molecular complexity index is 839. The lowest BCUT2D eigenvalue weighted by molar-refractivity contribution is -0.131. The van der Waals surface area contributed by atoms with Gasteiger partial charge in [0.2, 0.25) is 5.78 Å². The topological polar surface area (TPSA) is 72.0 Å². The molecular formula is C18H14N2O3. The van der Waals surface area contributed by atoms with Crippen molar-refractivity contribution < 1.29 is 14.3 Å². The minimum absolute atomic E-state index is 0.151. The summed E-state index contributed by atoms with van der Waals surface area (Å²) in [4.78, 5) is 24.1. The SMILES string of the molecule is CC(=O)Oc1c(-c2ccccc2)n[nH]c1C(=O)c1ccccc1. The fraction of sp³-hybridized carbons (Fsp3) is 0.0556. The predicted octanol–water partition coefficient (Wildman–Crippen LogP) is 3.23. The molecule has 0 atom stereocenters. The maximum absolute atomic E-state index is 12.6. The number of aromatic amines is 1. The zero-order valence-electron chi connectivity index (χ0n) is 12.4. The molecule has 0 aliphatic rings. The van der Waals surface area contributed by atoms with Gasteiger partial charge in [-0.2, -0.15) is 5.10 Å². The van der Waals surface area contributed by atoms with E-state index >= 15 is 0 Å². The number of nitrogens with zero attached hydrogens (tertiary/aromatic N) is 1. The average Bonchev–Trinajstić information content (AvgIpc) is 2.98. The Morgan fingerprint density at radius 1 is 0.957 bits per heavy atom. The first kappa shape index (κ1) is 14.7. The summed E-state index contributed by atoms with van der Waals surface area (Å²) < 4.78 is 5.26. The first-order valence-electron chi connectivity index (χ1n) is 7.09. The van der Waals surface area contributed by atoms with Crippen molar-refractivity contribution in [1.82, 2.24) is 10.2 Å². The highest BCUT2D eigenvalue weighted by Crippen LogP contribution is 2.32. The molecule has 23 heavy (non-hydrogen) atoms. The summed E-state index contributed by atoms with van der Waals surface area (Å²) in [7, 11) is 0. The maximum Gasteiger partial charge on any atom is 0.308 e. The molecule has 0 radical (unpaired) electrons. The number of carbonyl (C=O) groups is 2. The highest BCUT2D eigenvalue weighted by molar-refractivity contribution is 6.10. The Kier molecular flexibility index (Phi) is 4.01. The molecule has 0 aliphatic heterocycles. The van der Waals surface area contributed by atoms with Crippen LogP contribution in [0.1, 0.15) is 23.0 Å². The maximum atomic E-state index is 12.6. The molecule has 0 saturated heterocycles. The Labute approximate surface area is 132 Å². The van der Waals surface area contributed by atoms with E-state index in [9.17, 15) is 9.59 Å². The van der Waals surface area contributed by atoms with Crippen molar-refractivity contribution in [2.75, 3.05) is 0 Å². The van der Waals surface area contributed by atoms with Crippen LogP contribution in [0, 0.1) is 0 Å². The van der Waals surface area contributed by atoms with Crippen molar-refractivity contribution in [1.29, 1.82) is 0 Å². The van der Waals surface area contributed by atoms with Gasteiger partial charge in [0.1, 0.15) is 11.4 Å². The molecule has 0 amide bonds. The molecule has 0 saturated carbocycles. The zero-order chi connectivity index (χ0) is 16.2. The third-order valence-corrected chi connectivity index (χ3v) is 3.28. The van der Waals surface area contributed by atoms with Crippen LogP contribution in [-0.4, -0.2) is 21.9 Å². The van der Waals surface area contributed by atoms with Gasteiger partial charge < -0.3 is 4.74 Å². The first-order valence-corrected chi connectivity index (χ1v) is 7.09. The van der Waals surface area contributed by atoms with Crippen LogP contribution >= 0.6 is 0 Å². The number of H-pyrrole nitrogens is 1. The highest BCUT2D eigenvalue weighted by Gasteiger charge is 2.24. The number of esters is 1. The number of ether oxygens (including phenoxy) is 1. The molecule has 5 nitrogen and oxygen atoms in total. The Hall–Kier alpha value is -3.21. The molecular weight excluding hydrogens is 292 g/mol. The van der Waals surface area contributed by atoms with Gasteiger partial charge in [-0.25, -0.2) is 0 Å². The lowest BCUT2D eigenvalue weighted by Crippen LogP contribution is -2.08. The van der Waals surface area contributed by atoms with Crippen LogP contribution in [0.3, 0.4) is 0 Å². The largest absolute Gasteiger partial charge is 0.422 e. The summed E-state index contributed by atoms with van der Waals surface area (Å²) in [5.74, 6) is -0.639. The van der Waals surface area contributed by atoms with Crippen molar-refractivity contribution in [2.45, 2.75) is 6.92 Å². The van der Waals surface area contributed by atoms with Gasteiger partial charge in [0.15, 0.2) is 5.75 Å². The molecule has 1 N–H and O–H groups in total. The Morgan fingerprint density at radius 2 is 1.57 bits per heavy atom. The van der Waals surface area contributed by atoms with E-state index < -0.39 is 5.97 Å². The van der Waals surface area contributed by atoms with Gasteiger partial charge in [-0.3, -0.25) is 14.7 Å². The van der Waals surface area contributed by atoms with Gasteiger partial charge in [-0.1, -0.05) is 60.7 Å². The van der Waals surface area contributed by atoms with E-state index in [4.69, 9.17) is 4.74 Å². The summed E-state index contributed by atoms with van der Waals surface area (Å²) in [6, 6.07) is 18.0. The van der Waals surface area contributed by atoms with Gasteiger partial charge in [-0.05, 0) is 0 Å². The number of rotatable bonds is 4. The minimum atomic E-state index is -0.509. The van der Waals surface area contributed by atoms with Crippen LogP contribution in [0.25, 0.3) is 11.3 Å². The second kappa shape index (κ2) is 6.27. The van der Waals surface area contributed by atoms with E-state index in [1.807, 2.05) is 36.4 Å². The molecule has 0 bridgehead atoms. The molecule has 5 heteroatoms. The lowest BCUT2D eigenvalue weighted by Gasteiger charge is -2.05. The number of hydrogen-bond acceptors (Lipinski definition) is 4. The third kappa shape index (κ3) is 3.03. The lowest BCUT2D eigenvalue weighted by atomic mass is 10.1. The average molecular weight is 306 g/mol.